The van der Waals surface area contributed by atoms with E-state index in [0.29, 0.717) is 37.3 Å². The Morgan fingerprint density at radius 2 is 1.62 bits per heavy atom. The van der Waals surface area contributed by atoms with Gasteiger partial charge in [-0.1, -0.05) is 46.4 Å². The molecule has 1 heterocycles. The molecule has 0 radical (unpaired) electrons. The highest BCUT2D eigenvalue weighted by Gasteiger charge is 2.36. The van der Waals surface area contributed by atoms with Crippen LogP contribution < -0.4 is 10.4 Å². The van der Waals surface area contributed by atoms with Crippen molar-refractivity contribution >= 4 is 69.5 Å². The van der Waals surface area contributed by atoms with Crippen molar-refractivity contribution in [2.24, 2.45) is 10.9 Å². The lowest BCUT2D eigenvalue weighted by molar-refractivity contribution is -0.119. The van der Waals surface area contributed by atoms with E-state index in [2.05, 4.69) is 10.4 Å². The third kappa shape index (κ3) is 3.33. The van der Waals surface area contributed by atoms with E-state index in [1.807, 2.05) is 0 Å². The summed E-state index contributed by atoms with van der Waals surface area (Å²) < 4.78 is 0. The van der Waals surface area contributed by atoms with Crippen LogP contribution in [0.25, 0.3) is 0 Å². The van der Waals surface area contributed by atoms with Crippen LogP contribution in [0.4, 0.5) is 11.4 Å². The molecule has 1 unspecified atom stereocenters. The SMILES string of the molecule is CC1C(=O)N(c2cc(Cl)ccc2Cl)NC1=Nc1cc(Cl)ccc1Cl. The number of anilines is 1. The predicted molar refractivity (Wildman–Crippen MR) is 99.8 cm³/mol. The number of hydrogen-bond donors (Lipinski definition) is 1. The van der Waals surface area contributed by atoms with Crippen LogP contribution in [0.15, 0.2) is 41.4 Å². The van der Waals surface area contributed by atoms with Crippen LogP contribution in [-0.4, -0.2) is 11.7 Å². The summed E-state index contributed by atoms with van der Waals surface area (Å²) in [6.07, 6.45) is 0. The number of halogens is 4. The lowest BCUT2D eigenvalue weighted by atomic mass is 10.1. The average molecular weight is 403 g/mol. The maximum atomic E-state index is 12.5. The van der Waals surface area contributed by atoms with Gasteiger partial charge in [-0.25, -0.2) is 10.0 Å². The number of amides is 1. The van der Waals surface area contributed by atoms with Crippen molar-refractivity contribution < 1.29 is 4.79 Å². The summed E-state index contributed by atoms with van der Waals surface area (Å²) in [5.74, 6) is -0.244. The molecule has 1 N–H and O–H groups in total. The van der Waals surface area contributed by atoms with Gasteiger partial charge in [0, 0.05) is 10.0 Å². The molecular formula is C16H11Cl4N3O. The highest BCUT2D eigenvalue weighted by molar-refractivity contribution is 6.37. The van der Waals surface area contributed by atoms with E-state index < -0.39 is 5.92 Å². The molecule has 1 aliphatic heterocycles. The molecule has 1 amide bonds. The molecule has 4 nitrogen and oxygen atoms in total. The molecule has 1 atom stereocenters. The number of aliphatic imine (C=N–C) groups is 1. The Morgan fingerprint density at radius 3 is 2.33 bits per heavy atom. The van der Waals surface area contributed by atoms with Crippen LogP contribution in [-0.2, 0) is 4.79 Å². The third-order valence-electron chi connectivity index (χ3n) is 3.53. The number of carbonyl (C=O) groups excluding carboxylic acids is 1. The van der Waals surface area contributed by atoms with Crippen LogP contribution in [0.1, 0.15) is 6.92 Å². The number of hydrogen-bond acceptors (Lipinski definition) is 2. The zero-order valence-corrected chi connectivity index (χ0v) is 15.4. The summed E-state index contributed by atoms with van der Waals surface area (Å²) >= 11 is 24.3. The lowest BCUT2D eigenvalue weighted by Gasteiger charge is -2.17. The second kappa shape index (κ2) is 6.81. The molecule has 1 aliphatic rings. The highest BCUT2D eigenvalue weighted by atomic mass is 35.5. The normalized spacial score (nSPS) is 19.0. The van der Waals surface area contributed by atoms with Gasteiger partial charge in [0.1, 0.15) is 5.84 Å². The van der Waals surface area contributed by atoms with Gasteiger partial charge in [-0.3, -0.25) is 10.2 Å². The van der Waals surface area contributed by atoms with Crippen molar-refractivity contribution in [1.29, 1.82) is 0 Å². The smallest absolute Gasteiger partial charge is 0.256 e. The molecule has 0 saturated carbocycles. The standard InChI is InChI=1S/C16H11Cl4N3O/c1-8-15(21-13-6-9(17)2-4-11(13)19)22-23(16(8)24)14-7-10(18)3-5-12(14)20/h2-8H,1H3,(H,21,22). The monoisotopic (exact) mass is 401 g/mol. The van der Waals surface area contributed by atoms with E-state index in [1.54, 1.807) is 43.3 Å². The first-order valence-electron chi connectivity index (χ1n) is 6.96. The topological polar surface area (TPSA) is 44.7 Å². The first-order chi connectivity index (χ1) is 11.4. The summed E-state index contributed by atoms with van der Waals surface area (Å²) in [6, 6.07) is 9.83. The Labute approximate surface area is 158 Å². The van der Waals surface area contributed by atoms with Crippen LogP contribution in [0.5, 0.6) is 0 Å². The van der Waals surface area contributed by atoms with Crippen molar-refractivity contribution in [3.8, 4) is 0 Å². The number of carbonyl (C=O) groups is 1. The van der Waals surface area contributed by atoms with Gasteiger partial charge in [-0.15, -0.1) is 0 Å². The number of rotatable bonds is 2. The van der Waals surface area contributed by atoms with Crippen molar-refractivity contribution in [3.05, 3.63) is 56.5 Å². The molecule has 24 heavy (non-hydrogen) atoms. The molecule has 0 aromatic heterocycles. The number of hydrazine groups is 1. The van der Waals surface area contributed by atoms with E-state index in [4.69, 9.17) is 46.4 Å². The van der Waals surface area contributed by atoms with Gasteiger partial charge in [0.2, 0.25) is 0 Å². The molecule has 0 aliphatic carbocycles. The van der Waals surface area contributed by atoms with Gasteiger partial charge in [0.15, 0.2) is 0 Å². The number of nitrogens with one attached hydrogen (secondary N) is 1. The summed E-state index contributed by atoms with van der Waals surface area (Å²) in [6.45, 7) is 1.74. The second-order valence-corrected chi connectivity index (χ2v) is 6.88. The molecule has 0 bridgehead atoms. The van der Waals surface area contributed by atoms with E-state index in [-0.39, 0.29) is 5.91 Å². The molecule has 1 fully saturated rings. The van der Waals surface area contributed by atoms with Gasteiger partial charge < -0.3 is 0 Å². The summed E-state index contributed by atoms with van der Waals surface area (Å²) in [5, 5.41) is 3.14. The van der Waals surface area contributed by atoms with Crippen molar-refractivity contribution in [2.45, 2.75) is 6.92 Å². The summed E-state index contributed by atoms with van der Waals surface area (Å²) in [7, 11) is 0. The zero-order valence-electron chi connectivity index (χ0n) is 12.4. The average Bonchev–Trinajstić information content (AvgIpc) is 2.81. The fourth-order valence-electron chi connectivity index (χ4n) is 2.24. The minimum Gasteiger partial charge on any atom is -0.277 e. The Hall–Kier alpha value is -1.46. The first-order valence-corrected chi connectivity index (χ1v) is 8.47. The molecule has 3 rings (SSSR count). The Kier molecular flexibility index (Phi) is 4.92. The third-order valence-corrected chi connectivity index (χ3v) is 4.63. The quantitative estimate of drug-likeness (QED) is 0.718. The van der Waals surface area contributed by atoms with E-state index in [0.717, 1.165) is 0 Å². The number of amidine groups is 1. The molecule has 2 aromatic carbocycles. The van der Waals surface area contributed by atoms with Crippen LogP contribution in [0.3, 0.4) is 0 Å². The molecule has 8 heteroatoms. The maximum Gasteiger partial charge on any atom is 0.256 e. The van der Waals surface area contributed by atoms with Crippen LogP contribution >= 0.6 is 46.4 Å². The predicted octanol–water partition coefficient (Wildman–Crippen LogP) is 5.52. The second-order valence-electron chi connectivity index (χ2n) is 5.20. The van der Waals surface area contributed by atoms with Gasteiger partial charge >= 0.3 is 0 Å². The highest BCUT2D eigenvalue weighted by Crippen LogP contribution is 2.33. The Morgan fingerprint density at radius 1 is 1.00 bits per heavy atom. The van der Waals surface area contributed by atoms with E-state index in [9.17, 15) is 4.79 Å². The maximum absolute atomic E-state index is 12.5. The van der Waals surface area contributed by atoms with E-state index in [1.165, 1.54) is 5.01 Å². The van der Waals surface area contributed by atoms with Crippen molar-refractivity contribution in [1.82, 2.24) is 5.43 Å². The van der Waals surface area contributed by atoms with Crippen LogP contribution in [0, 0.1) is 5.92 Å². The van der Waals surface area contributed by atoms with Crippen molar-refractivity contribution in [2.75, 3.05) is 5.01 Å². The number of benzene rings is 2. The molecule has 124 valence electrons. The Bertz CT molecular complexity index is 853. The number of nitrogens with zero attached hydrogens (tertiary/aromatic N) is 2. The minimum atomic E-state index is -0.491. The molecular weight excluding hydrogens is 392 g/mol. The fraction of sp³-hybridized carbons (Fsp3) is 0.125. The van der Waals surface area contributed by atoms with Gasteiger partial charge in [0.25, 0.3) is 5.91 Å². The van der Waals surface area contributed by atoms with Crippen LogP contribution in [0.2, 0.25) is 20.1 Å². The lowest BCUT2D eigenvalue weighted by Crippen LogP contribution is -2.36. The first kappa shape index (κ1) is 17.4. The largest absolute Gasteiger partial charge is 0.277 e. The molecule has 0 spiro atoms. The molecule has 1 saturated heterocycles. The Balaban J connectivity index is 1.98. The van der Waals surface area contributed by atoms with E-state index >= 15 is 0 Å². The van der Waals surface area contributed by atoms with Gasteiger partial charge in [-0.05, 0) is 43.3 Å². The van der Waals surface area contributed by atoms with Gasteiger partial charge in [0.05, 0.1) is 27.3 Å². The summed E-state index contributed by atoms with van der Waals surface area (Å²) in [5.41, 5.74) is 3.90. The fourth-order valence-corrected chi connectivity index (χ4v) is 2.93. The minimum absolute atomic E-state index is 0.198. The van der Waals surface area contributed by atoms with Gasteiger partial charge in [-0.2, -0.15) is 0 Å². The summed E-state index contributed by atoms with van der Waals surface area (Å²) in [4.78, 5) is 17.0. The zero-order chi connectivity index (χ0) is 17.4. The van der Waals surface area contributed by atoms with Crippen molar-refractivity contribution in [3.63, 3.8) is 0 Å². The molecule has 2 aromatic rings.